The predicted octanol–water partition coefficient (Wildman–Crippen LogP) is 0.414. The number of aromatic nitrogens is 3. The fourth-order valence-electron chi connectivity index (χ4n) is 1.80. The number of H-pyrrole nitrogens is 1. The summed E-state index contributed by atoms with van der Waals surface area (Å²) < 4.78 is 1.28. The molecule has 0 aliphatic heterocycles. The van der Waals surface area contributed by atoms with E-state index in [1.807, 2.05) is 19.1 Å². The maximum atomic E-state index is 11.7. The minimum absolute atomic E-state index is 0.0893. The highest BCUT2D eigenvalue weighted by Crippen LogP contribution is 2.07. The predicted molar refractivity (Wildman–Crippen MR) is 68.8 cm³/mol. The number of pyridine rings is 1. The second kappa shape index (κ2) is 5.31. The standard InChI is InChI=1S/C13H12N4O2/c1-2-9-4-3-5-15-11(9)8-17-7-10(6-14)12(18)16-13(17)19/h3-5,7H,2,8H2,1H3,(H,16,18,19). The minimum Gasteiger partial charge on any atom is -0.293 e. The molecule has 6 heteroatoms. The number of hydrogen-bond acceptors (Lipinski definition) is 4. The third kappa shape index (κ3) is 2.60. The van der Waals surface area contributed by atoms with Crippen LogP contribution in [0.2, 0.25) is 0 Å². The van der Waals surface area contributed by atoms with E-state index in [1.54, 1.807) is 12.3 Å². The van der Waals surface area contributed by atoms with Gasteiger partial charge in [-0.2, -0.15) is 5.26 Å². The van der Waals surface area contributed by atoms with Gasteiger partial charge in [0.15, 0.2) is 0 Å². The lowest BCUT2D eigenvalue weighted by molar-refractivity contribution is 0.695. The number of nitrogens with one attached hydrogen (secondary N) is 1. The topological polar surface area (TPSA) is 91.5 Å². The van der Waals surface area contributed by atoms with E-state index >= 15 is 0 Å². The van der Waals surface area contributed by atoms with Gasteiger partial charge in [0.1, 0.15) is 11.6 Å². The van der Waals surface area contributed by atoms with Crippen LogP contribution in [0.5, 0.6) is 0 Å². The molecule has 19 heavy (non-hydrogen) atoms. The molecule has 2 heterocycles. The molecule has 0 aliphatic rings. The summed E-state index contributed by atoms with van der Waals surface area (Å²) in [7, 11) is 0. The molecule has 0 fully saturated rings. The smallest absolute Gasteiger partial charge is 0.293 e. The lowest BCUT2D eigenvalue weighted by Crippen LogP contribution is -2.31. The van der Waals surface area contributed by atoms with Crippen molar-refractivity contribution in [3.8, 4) is 6.07 Å². The molecule has 2 aromatic rings. The number of rotatable bonds is 3. The van der Waals surface area contributed by atoms with Crippen LogP contribution in [-0.4, -0.2) is 14.5 Å². The highest BCUT2D eigenvalue weighted by Gasteiger charge is 2.07. The number of nitrogens with zero attached hydrogens (tertiary/aromatic N) is 3. The van der Waals surface area contributed by atoms with E-state index < -0.39 is 11.2 Å². The molecule has 0 saturated heterocycles. The summed E-state index contributed by atoms with van der Waals surface area (Å²) in [5.74, 6) is 0. The van der Waals surface area contributed by atoms with Crippen molar-refractivity contribution in [1.29, 1.82) is 5.26 Å². The van der Waals surface area contributed by atoms with Gasteiger partial charge < -0.3 is 0 Å². The monoisotopic (exact) mass is 256 g/mol. The molecule has 6 nitrogen and oxygen atoms in total. The molecule has 2 rings (SSSR count). The first kappa shape index (κ1) is 12.8. The molecule has 0 bridgehead atoms. The molecule has 0 aliphatic carbocycles. The van der Waals surface area contributed by atoms with Gasteiger partial charge in [-0.1, -0.05) is 13.0 Å². The Balaban J connectivity index is 2.47. The molecular formula is C13H12N4O2. The first-order valence-corrected chi connectivity index (χ1v) is 5.82. The van der Waals surface area contributed by atoms with E-state index in [2.05, 4.69) is 9.97 Å². The summed E-state index contributed by atoms with van der Waals surface area (Å²) in [6, 6.07) is 5.52. The summed E-state index contributed by atoms with van der Waals surface area (Å²) in [5.41, 5.74) is 0.480. The van der Waals surface area contributed by atoms with Gasteiger partial charge in [0.2, 0.25) is 0 Å². The molecule has 0 radical (unpaired) electrons. The van der Waals surface area contributed by atoms with Gasteiger partial charge in [-0.05, 0) is 18.1 Å². The average Bonchev–Trinajstić information content (AvgIpc) is 2.42. The van der Waals surface area contributed by atoms with E-state index in [-0.39, 0.29) is 12.1 Å². The first-order chi connectivity index (χ1) is 9.15. The lowest BCUT2D eigenvalue weighted by atomic mass is 10.1. The van der Waals surface area contributed by atoms with Crippen LogP contribution < -0.4 is 11.2 Å². The minimum atomic E-state index is -0.666. The second-order valence-electron chi connectivity index (χ2n) is 4.00. The van der Waals surface area contributed by atoms with Gasteiger partial charge in [0, 0.05) is 12.4 Å². The summed E-state index contributed by atoms with van der Waals surface area (Å²) in [6.07, 6.45) is 3.71. The molecule has 0 aromatic carbocycles. The number of aromatic amines is 1. The highest BCUT2D eigenvalue weighted by atomic mass is 16.2. The Labute approximate surface area is 109 Å². The third-order valence-electron chi connectivity index (χ3n) is 2.82. The SMILES string of the molecule is CCc1cccnc1Cn1cc(C#N)c(=O)[nH]c1=O. The van der Waals surface area contributed by atoms with Crippen LogP contribution in [0.4, 0.5) is 0 Å². The van der Waals surface area contributed by atoms with Gasteiger partial charge >= 0.3 is 5.69 Å². The largest absolute Gasteiger partial charge is 0.328 e. The van der Waals surface area contributed by atoms with Crippen LogP contribution in [0.25, 0.3) is 0 Å². The number of aryl methyl sites for hydroxylation is 1. The summed E-state index contributed by atoms with van der Waals surface area (Å²) in [6.45, 7) is 2.23. The third-order valence-corrected chi connectivity index (χ3v) is 2.82. The van der Waals surface area contributed by atoms with Crippen molar-refractivity contribution in [2.45, 2.75) is 19.9 Å². The summed E-state index contributed by atoms with van der Waals surface area (Å²) in [4.78, 5) is 29.3. The van der Waals surface area contributed by atoms with Crippen molar-refractivity contribution in [3.63, 3.8) is 0 Å². The molecule has 96 valence electrons. The number of nitriles is 1. The summed E-state index contributed by atoms with van der Waals surface area (Å²) >= 11 is 0. The van der Waals surface area contributed by atoms with Crippen LogP contribution in [0, 0.1) is 11.3 Å². The maximum Gasteiger partial charge on any atom is 0.328 e. The Hall–Kier alpha value is -2.68. The van der Waals surface area contributed by atoms with E-state index in [4.69, 9.17) is 5.26 Å². The summed E-state index contributed by atoms with van der Waals surface area (Å²) in [5, 5.41) is 8.80. The maximum absolute atomic E-state index is 11.7. The molecule has 0 unspecified atom stereocenters. The van der Waals surface area contributed by atoms with Gasteiger partial charge in [-0.15, -0.1) is 0 Å². The molecule has 0 saturated carbocycles. The zero-order valence-corrected chi connectivity index (χ0v) is 10.4. The fourth-order valence-corrected chi connectivity index (χ4v) is 1.80. The molecule has 0 spiro atoms. The van der Waals surface area contributed by atoms with Crippen molar-refractivity contribution in [1.82, 2.24) is 14.5 Å². The Morgan fingerprint density at radius 3 is 2.95 bits per heavy atom. The Bertz CT molecular complexity index is 752. The molecule has 2 aromatic heterocycles. The fraction of sp³-hybridized carbons (Fsp3) is 0.231. The van der Waals surface area contributed by atoms with E-state index in [0.29, 0.717) is 0 Å². The molecule has 1 N–H and O–H groups in total. The lowest BCUT2D eigenvalue weighted by Gasteiger charge is -2.08. The molecule has 0 atom stereocenters. The van der Waals surface area contributed by atoms with Crippen molar-refractivity contribution in [2.75, 3.05) is 0 Å². The van der Waals surface area contributed by atoms with Crippen LogP contribution >= 0.6 is 0 Å². The van der Waals surface area contributed by atoms with Gasteiger partial charge in [-0.25, -0.2) is 4.79 Å². The van der Waals surface area contributed by atoms with E-state index in [1.165, 1.54) is 10.8 Å². The van der Waals surface area contributed by atoms with Gasteiger partial charge in [0.05, 0.1) is 12.2 Å². The quantitative estimate of drug-likeness (QED) is 0.861. The van der Waals surface area contributed by atoms with Crippen molar-refractivity contribution in [3.05, 3.63) is 62.2 Å². The van der Waals surface area contributed by atoms with Crippen molar-refractivity contribution < 1.29 is 0 Å². The Morgan fingerprint density at radius 1 is 1.47 bits per heavy atom. The number of hydrogen-bond donors (Lipinski definition) is 1. The van der Waals surface area contributed by atoms with Crippen LogP contribution in [0.3, 0.4) is 0 Å². The van der Waals surface area contributed by atoms with Crippen LogP contribution in [0.15, 0.2) is 34.1 Å². The van der Waals surface area contributed by atoms with Crippen molar-refractivity contribution >= 4 is 0 Å². The average molecular weight is 256 g/mol. The normalized spacial score (nSPS) is 10.1. The van der Waals surface area contributed by atoms with Crippen LogP contribution in [-0.2, 0) is 13.0 Å². The zero-order valence-electron chi connectivity index (χ0n) is 10.4. The Morgan fingerprint density at radius 2 is 2.26 bits per heavy atom. The molecular weight excluding hydrogens is 244 g/mol. The van der Waals surface area contributed by atoms with E-state index in [0.717, 1.165) is 17.7 Å². The Kier molecular flexibility index (Phi) is 3.57. The van der Waals surface area contributed by atoms with E-state index in [9.17, 15) is 9.59 Å². The first-order valence-electron chi connectivity index (χ1n) is 5.82. The van der Waals surface area contributed by atoms with Crippen LogP contribution in [0.1, 0.15) is 23.7 Å². The van der Waals surface area contributed by atoms with Gasteiger partial charge in [-0.3, -0.25) is 19.3 Å². The van der Waals surface area contributed by atoms with Gasteiger partial charge in [0.25, 0.3) is 5.56 Å². The zero-order chi connectivity index (χ0) is 13.8. The molecule has 0 amide bonds. The second-order valence-corrected chi connectivity index (χ2v) is 4.00. The highest BCUT2D eigenvalue weighted by molar-refractivity contribution is 5.23. The van der Waals surface area contributed by atoms with Crippen molar-refractivity contribution in [2.24, 2.45) is 0 Å².